The van der Waals surface area contributed by atoms with E-state index in [4.69, 9.17) is 9.47 Å². The molecule has 1 heterocycles. The Morgan fingerprint density at radius 1 is 0.909 bits per heavy atom. The molecule has 1 fully saturated rings. The highest BCUT2D eigenvalue weighted by Crippen LogP contribution is 2.25. The van der Waals surface area contributed by atoms with Gasteiger partial charge in [-0.1, -0.05) is 49.4 Å². The summed E-state index contributed by atoms with van der Waals surface area (Å²) < 4.78 is 11.8. The molecule has 1 N–H and O–H groups in total. The molecule has 168 valence electrons. The Morgan fingerprint density at radius 3 is 2.42 bits per heavy atom. The molecule has 0 saturated carbocycles. The molecule has 1 aliphatic heterocycles. The normalized spacial score (nSPS) is 14.5. The second kappa shape index (κ2) is 10.0. The molecule has 6 nitrogen and oxygen atoms in total. The van der Waals surface area contributed by atoms with Crippen LogP contribution in [0.2, 0.25) is 0 Å². The van der Waals surface area contributed by atoms with Crippen LogP contribution in [0.5, 0.6) is 11.5 Å². The van der Waals surface area contributed by atoms with Crippen molar-refractivity contribution >= 4 is 23.6 Å². The van der Waals surface area contributed by atoms with Gasteiger partial charge in [0.2, 0.25) is 0 Å². The monoisotopic (exact) mass is 442 g/mol. The molecule has 3 aromatic rings. The zero-order valence-electron chi connectivity index (χ0n) is 18.7. The van der Waals surface area contributed by atoms with Crippen LogP contribution in [0.3, 0.4) is 0 Å². The van der Waals surface area contributed by atoms with Crippen LogP contribution < -0.4 is 19.9 Å². The van der Waals surface area contributed by atoms with Crippen molar-refractivity contribution < 1.29 is 19.1 Å². The molecule has 0 spiro atoms. The summed E-state index contributed by atoms with van der Waals surface area (Å²) in [5.74, 6) is 0.537. The highest BCUT2D eigenvalue weighted by Gasteiger charge is 2.34. The summed E-state index contributed by atoms with van der Waals surface area (Å²) in [5.41, 5.74) is 6.30. The lowest BCUT2D eigenvalue weighted by Crippen LogP contribution is -2.35. The van der Waals surface area contributed by atoms with Gasteiger partial charge in [0.05, 0.1) is 5.69 Å². The van der Waals surface area contributed by atoms with Crippen LogP contribution in [-0.2, 0) is 16.0 Å². The van der Waals surface area contributed by atoms with Crippen LogP contribution in [0, 0.1) is 6.92 Å². The van der Waals surface area contributed by atoms with Crippen molar-refractivity contribution in [2.75, 3.05) is 18.2 Å². The van der Waals surface area contributed by atoms with E-state index >= 15 is 0 Å². The van der Waals surface area contributed by atoms with E-state index < -0.39 is 11.8 Å². The molecule has 0 unspecified atom stereocenters. The fraction of sp³-hybridized carbons (Fsp3) is 0.185. The van der Waals surface area contributed by atoms with Gasteiger partial charge in [0.1, 0.15) is 30.3 Å². The number of hydrogen-bond acceptors (Lipinski definition) is 4. The van der Waals surface area contributed by atoms with E-state index in [1.807, 2.05) is 55.5 Å². The number of para-hydroxylation sites is 2. The van der Waals surface area contributed by atoms with Crippen LogP contribution in [0.15, 0.2) is 78.4 Å². The summed E-state index contributed by atoms with van der Waals surface area (Å²) in [5, 5.41) is 1.25. The maximum Gasteiger partial charge on any atom is 0.282 e. The van der Waals surface area contributed by atoms with Gasteiger partial charge in [-0.2, -0.15) is 0 Å². The number of aryl methyl sites for hydroxylation is 2. The maximum absolute atomic E-state index is 12.8. The average molecular weight is 443 g/mol. The van der Waals surface area contributed by atoms with E-state index in [0.717, 1.165) is 17.7 Å². The van der Waals surface area contributed by atoms with Gasteiger partial charge < -0.3 is 9.47 Å². The Balaban J connectivity index is 1.43. The molecule has 1 saturated heterocycles. The number of rotatable bonds is 8. The number of hydrogen-bond donors (Lipinski definition) is 1. The standard InChI is InChI=1S/C27H26N2O4/c1-3-20-15-19(2)16-23(17-20)32-13-14-33-25-12-8-7-9-21(25)18-24-26(30)28-29(27(24)31)22-10-5-4-6-11-22/h4-12,15-18H,3,13-14H2,1-2H3,(H,28,30)/b24-18-. The Hall–Kier alpha value is -4.06. The first-order chi connectivity index (χ1) is 16.0. The van der Waals surface area contributed by atoms with Gasteiger partial charge in [0, 0.05) is 5.56 Å². The lowest BCUT2D eigenvalue weighted by Gasteiger charge is -2.14. The van der Waals surface area contributed by atoms with Crippen LogP contribution in [0.25, 0.3) is 6.08 Å². The zero-order chi connectivity index (χ0) is 23.2. The summed E-state index contributed by atoms with van der Waals surface area (Å²) in [6, 6.07) is 22.5. The van der Waals surface area contributed by atoms with Crippen molar-refractivity contribution in [1.82, 2.24) is 5.43 Å². The summed E-state index contributed by atoms with van der Waals surface area (Å²) in [7, 11) is 0. The van der Waals surface area contributed by atoms with Gasteiger partial charge in [-0.05, 0) is 60.9 Å². The number of nitrogens with one attached hydrogen (secondary N) is 1. The Labute approximate surface area is 193 Å². The molecule has 33 heavy (non-hydrogen) atoms. The smallest absolute Gasteiger partial charge is 0.282 e. The van der Waals surface area contributed by atoms with E-state index in [-0.39, 0.29) is 5.57 Å². The topological polar surface area (TPSA) is 67.9 Å². The molecule has 0 aliphatic carbocycles. The van der Waals surface area contributed by atoms with E-state index in [2.05, 4.69) is 18.4 Å². The third-order valence-corrected chi connectivity index (χ3v) is 5.25. The number of ether oxygens (including phenoxy) is 2. The first-order valence-corrected chi connectivity index (χ1v) is 10.9. The van der Waals surface area contributed by atoms with Crippen molar-refractivity contribution in [2.24, 2.45) is 0 Å². The first kappa shape index (κ1) is 22.1. The molecule has 4 rings (SSSR count). The van der Waals surface area contributed by atoms with Gasteiger partial charge in [0.25, 0.3) is 11.8 Å². The third kappa shape index (κ3) is 5.23. The van der Waals surface area contributed by atoms with Crippen LogP contribution in [0.4, 0.5) is 5.69 Å². The fourth-order valence-corrected chi connectivity index (χ4v) is 3.63. The fourth-order valence-electron chi connectivity index (χ4n) is 3.63. The number of anilines is 1. The molecule has 3 aromatic carbocycles. The average Bonchev–Trinajstić information content (AvgIpc) is 3.11. The van der Waals surface area contributed by atoms with Crippen LogP contribution in [-0.4, -0.2) is 25.0 Å². The molecular weight excluding hydrogens is 416 g/mol. The first-order valence-electron chi connectivity index (χ1n) is 10.9. The lowest BCUT2D eigenvalue weighted by atomic mass is 10.1. The second-order valence-electron chi connectivity index (χ2n) is 7.72. The molecule has 1 aliphatic rings. The number of hydrazine groups is 1. The van der Waals surface area contributed by atoms with Gasteiger partial charge >= 0.3 is 0 Å². The summed E-state index contributed by atoms with van der Waals surface area (Å²) in [6.07, 6.45) is 2.51. The minimum Gasteiger partial charge on any atom is -0.490 e. The summed E-state index contributed by atoms with van der Waals surface area (Å²) in [6.45, 7) is 4.86. The molecule has 0 radical (unpaired) electrons. The molecule has 0 aromatic heterocycles. The van der Waals surface area contributed by atoms with Crippen LogP contribution in [0.1, 0.15) is 23.6 Å². The van der Waals surface area contributed by atoms with Crippen molar-refractivity contribution in [3.8, 4) is 11.5 Å². The minimum absolute atomic E-state index is 0.0537. The summed E-state index contributed by atoms with van der Waals surface area (Å²) >= 11 is 0. The van der Waals surface area contributed by atoms with E-state index in [0.29, 0.717) is 30.2 Å². The van der Waals surface area contributed by atoms with Gasteiger partial charge in [-0.25, -0.2) is 5.01 Å². The minimum atomic E-state index is -0.451. The van der Waals surface area contributed by atoms with Crippen molar-refractivity contribution in [1.29, 1.82) is 0 Å². The predicted molar refractivity (Wildman–Crippen MR) is 128 cm³/mol. The molecular formula is C27H26N2O4. The Morgan fingerprint density at radius 2 is 1.64 bits per heavy atom. The molecule has 2 amide bonds. The Bertz CT molecular complexity index is 1190. The van der Waals surface area contributed by atoms with Crippen LogP contribution >= 0.6 is 0 Å². The lowest BCUT2D eigenvalue weighted by molar-refractivity contribution is -0.117. The van der Waals surface area contributed by atoms with Gasteiger partial charge in [0.15, 0.2) is 0 Å². The highest BCUT2D eigenvalue weighted by molar-refractivity contribution is 6.31. The maximum atomic E-state index is 12.8. The van der Waals surface area contributed by atoms with Crippen molar-refractivity contribution in [3.63, 3.8) is 0 Å². The zero-order valence-corrected chi connectivity index (χ0v) is 18.7. The molecule has 0 bridgehead atoms. The molecule has 6 heteroatoms. The number of carbonyl (C=O) groups is 2. The van der Waals surface area contributed by atoms with Gasteiger partial charge in [-0.3, -0.25) is 15.0 Å². The molecule has 0 atom stereocenters. The highest BCUT2D eigenvalue weighted by atomic mass is 16.5. The summed E-state index contributed by atoms with van der Waals surface area (Å²) in [4.78, 5) is 25.3. The quantitative estimate of drug-likeness (QED) is 0.317. The number of benzene rings is 3. The van der Waals surface area contributed by atoms with E-state index in [1.165, 1.54) is 10.6 Å². The van der Waals surface area contributed by atoms with Gasteiger partial charge in [-0.15, -0.1) is 0 Å². The number of nitrogens with zero attached hydrogens (tertiary/aromatic N) is 1. The van der Waals surface area contributed by atoms with E-state index in [1.54, 1.807) is 24.3 Å². The van der Waals surface area contributed by atoms with Crippen molar-refractivity contribution in [3.05, 3.63) is 95.1 Å². The van der Waals surface area contributed by atoms with Crippen molar-refractivity contribution in [2.45, 2.75) is 20.3 Å². The second-order valence-corrected chi connectivity index (χ2v) is 7.72. The SMILES string of the molecule is CCc1cc(C)cc(OCCOc2ccccc2/C=C2/C(=O)NN(c3ccccc3)C2=O)c1. The third-order valence-electron chi connectivity index (χ3n) is 5.25. The predicted octanol–water partition coefficient (Wildman–Crippen LogP) is 4.48. The largest absolute Gasteiger partial charge is 0.490 e. The van der Waals surface area contributed by atoms with E-state index in [9.17, 15) is 9.59 Å². The number of amides is 2. The Kier molecular flexibility index (Phi) is 6.74. The number of carbonyl (C=O) groups excluding carboxylic acids is 2.